The lowest BCUT2D eigenvalue weighted by Crippen LogP contribution is -2.20. The molecular weight excluding hydrogens is 457 g/mol. The summed E-state index contributed by atoms with van der Waals surface area (Å²) in [6, 6.07) is 9.46. The molecule has 3 aromatic rings. The number of benzene rings is 2. The molecule has 152 valence electrons. The third-order valence-electron chi connectivity index (χ3n) is 4.30. The number of carbonyl (C=O) groups excluding carboxylic acids is 1. The van der Waals surface area contributed by atoms with Crippen LogP contribution in [-0.2, 0) is 28.9 Å². The quantitative estimate of drug-likeness (QED) is 0.531. The lowest BCUT2D eigenvalue weighted by Gasteiger charge is -2.20. The van der Waals surface area contributed by atoms with Crippen LogP contribution in [0.3, 0.4) is 0 Å². The van der Waals surface area contributed by atoms with E-state index in [2.05, 4.69) is 20.9 Å². The zero-order chi connectivity index (χ0) is 20.6. The Kier molecular flexibility index (Phi) is 5.12. The van der Waals surface area contributed by atoms with Gasteiger partial charge in [0.15, 0.2) is 11.5 Å². The van der Waals surface area contributed by atoms with Crippen LogP contribution in [0.1, 0.15) is 11.4 Å². The molecule has 10 heteroatoms. The Bertz CT molecular complexity index is 1080. The summed E-state index contributed by atoms with van der Waals surface area (Å²) in [5.41, 5.74) is 0.966. The number of rotatable bonds is 4. The van der Waals surface area contributed by atoms with Crippen molar-refractivity contribution in [1.82, 2.24) is 9.55 Å². The molecule has 2 heterocycles. The molecule has 1 aliphatic heterocycles. The number of carbonyl (C=O) groups is 1. The standard InChI is InChI=1S/C19H14BrF3N2O4/c20-12-8-16-15(27-5-6-28-16)7-11(12)10-29-17(26)9-25-14-4-2-1-3-13(14)24-18(25)19(21,22)23/h1-4,7-8H,5-6,9-10H2. The lowest BCUT2D eigenvalue weighted by molar-refractivity contribution is -0.151. The minimum absolute atomic E-state index is 0.135. The Morgan fingerprint density at radius 1 is 1.17 bits per heavy atom. The number of nitrogens with zero attached hydrogens (tertiary/aromatic N) is 2. The molecule has 0 bridgehead atoms. The van der Waals surface area contributed by atoms with Crippen molar-refractivity contribution < 1.29 is 32.2 Å². The Hall–Kier alpha value is -2.75. The van der Waals surface area contributed by atoms with Gasteiger partial charge in [0.25, 0.3) is 0 Å². The van der Waals surface area contributed by atoms with Crippen molar-refractivity contribution in [3.05, 3.63) is 52.3 Å². The van der Waals surface area contributed by atoms with E-state index in [9.17, 15) is 18.0 Å². The SMILES string of the molecule is O=C(Cn1c(C(F)(F)F)nc2ccccc21)OCc1cc2c(cc1Br)OCCO2. The first-order valence-corrected chi connectivity index (χ1v) is 9.38. The van der Waals surface area contributed by atoms with E-state index >= 15 is 0 Å². The lowest BCUT2D eigenvalue weighted by atomic mass is 10.2. The van der Waals surface area contributed by atoms with Crippen molar-refractivity contribution in [2.75, 3.05) is 13.2 Å². The number of halogens is 4. The molecule has 6 nitrogen and oxygen atoms in total. The number of para-hydroxylation sites is 2. The number of aromatic nitrogens is 2. The van der Waals surface area contributed by atoms with Crippen molar-refractivity contribution >= 4 is 32.9 Å². The van der Waals surface area contributed by atoms with Crippen molar-refractivity contribution in [3.63, 3.8) is 0 Å². The zero-order valence-corrected chi connectivity index (χ0v) is 16.4. The second kappa shape index (κ2) is 7.58. The molecule has 0 fully saturated rings. The summed E-state index contributed by atoms with van der Waals surface area (Å²) in [5, 5.41) is 0. The van der Waals surface area contributed by atoms with Crippen molar-refractivity contribution in [3.8, 4) is 11.5 Å². The smallest absolute Gasteiger partial charge is 0.449 e. The van der Waals surface area contributed by atoms with E-state index in [1.165, 1.54) is 12.1 Å². The van der Waals surface area contributed by atoms with Crippen LogP contribution in [0.5, 0.6) is 11.5 Å². The minimum atomic E-state index is -4.70. The summed E-state index contributed by atoms with van der Waals surface area (Å²) in [6.45, 7) is 0.0948. The maximum atomic E-state index is 13.3. The van der Waals surface area contributed by atoms with Crippen LogP contribution in [0.2, 0.25) is 0 Å². The predicted octanol–water partition coefficient (Wildman–Crippen LogP) is 4.33. The number of hydrogen-bond acceptors (Lipinski definition) is 5. The highest BCUT2D eigenvalue weighted by atomic mass is 79.9. The van der Waals surface area contributed by atoms with Gasteiger partial charge in [-0.05, 0) is 24.3 Å². The summed E-state index contributed by atoms with van der Waals surface area (Å²) in [7, 11) is 0. The van der Waals surface area contributed by atoms with Crippen LogP contribution < -0.4 is 9.47 Å². The second-order valence-corrected chi connectivity index (χ2v) is 7.11. The van der Waals surface area contributed by atoms with Gasteiger partial charge in [0.2, 0.25) is 5.82 Å². The fourth-order valence-corrected chi connectivity index (χ4v) is 3.44. The molecule has 4 rings (SSSR count). The molecule has 0 amide bonds. The fraction of sp³-hybridized carbons (Fsp3) is 0.263. The molecule has 1 aliphatic rings. The monoisotopic (exact) mass is 470 g/mol. The highest BCUT2D eigenvalue weighted by Crippen LogP contribution is 2.36. The predicted molar refractivity (Wildman–Crippen MR) is 99.7 cm³/mol. The number of esters is 1. The van der Waals surface area contributed by atoms with Gasteiger partial charge >= 0.3 is 12.1 Å². The molecule has 2 aromatic carbocycles. The third-order valence-corrected chi connectivity index (χ3v) is 5.03. The maximum Gasteiger partial charge on any atom is 0.449 e. The Labute approximate surface area is 171 Å². The fourth-order valence-electron chi connectivity index (χ4n) is 3.00. The van der Waals surface area contributed by atoms with Crippen molar-refractivity contribution in [1.29, 1.82) is 0 Å². The molecule has 0 radical (unpaired) electrons. The molecule has 29 heavy (non-hydrogen) atoms. The number of ether oxygens (including phenoxy) is 3. The van der Waals surface area contributed by atoms with Gasteiger partial charge in [-0.3, -0.25) is 4.79 Å². The van der Waals surface area contributed by atoms with Crippen molar-refractivity contribution in [2.24, 2.45) is 0 Å². The number of alkyl halides is 3. The first-order valence-electron chi connectivity index (χ1n) is 8.59. The summed E-state index contributed by atoms with van der Waals surface area (Å²) >= 11 is 3.37. The second-order valence-electron chi connectivity index (χ2n) is 6.26. The highest BCUT2D eigenvalue weighted by molar-refractivity contribution is 9.10. The van der Waals surface area contributed by atoms with Gasteiger partial charge < -0.3 is 18.8 Å². The number of imidazole rings is 1. The van der Waals surface area contributed by atoms with E-state index in [-0.39, 0.29) is 17.6 Å². The first-order chi connectivity index (χ1) is 13.8. The first kappa shape index (κ1) is 19.6. The molecule has 0 saturated heterocycles. The van der Waals surface area contributed by atoms with Gasteiger partial charge in [-0.1, -0.05) is 28.1 Å². The number of fused-ring (bicyclic) bond motifs is 2. The normalized spacial score (nSPS) is 13.5. The van der Waals surface area contributed by atoms with Gasteiger partial charge in [-0.15, -0.1) is 0 Å². The summed E-state index contributed by atoms with van der Waals surface area (Å²) in [4.78, 5) is 15.9. The van der Waals surface area contributed by atoms with E-state index in [0.717, 1.165) is 4.57 Å². The summed E-state index contributed by atoms with van der Waals surface area (Å²) in [6.07, 6.45) is -4.70. The zero-order valence-electron chi connectivity index (χ0n) is 14.8. The highest BCUT2D eigenvalue weighted by Gasteiger charge is 2.38. The topological polar surface area (TPSA) is 62.6 Å². The van der Waals surface area contributed by atoms with E-state index in [4.69, 9.17) is 14.2 Å². The Morgan fingerprint density at radius 2 is 1.86 bits per heavy atom. The van der Waals surface area contributed by atoms with Crippen molar-refractivity contribution in [2.45, 2.75) is 19.3 Å². The van der Waals surface area contributed by atoms with Gasteiger partial charge in [-0.2, -0.15) is 13.2 Å². The van der Waals surface area contributed by atoms with Gasteiger partial charge in [-0.25, -0.2) is 4.98 Å². The molecule has 0 atom stereocenters. The average molecular weight is 471 g/mol. The van der Waals surface area contributed by atoms with E-state index in [1.54, 1.807) is 24.3 Å². The molecule has 0 spiro atoms. The Balaban J connectivity index is 1.52. The minimum Gasteiger partial charge on any atom is -0.486 e. The molecule has 1 aromatic heterocycles. The third kappa shape index (κ3) is 4.02. The van der Waals surface area contributed by atoms with E-state index < -0.39 is 24.5 Å². The average Bonchev–Trinajstić information content (AvgIpc) is 3.05. The molecular formula is C19H14BrF3N2O4. The van der Waals surface area contributed by atoms with E-state index in [0.29, 0.717) is 34.7 Å². The van der Waals surface area contributed by atoms with Crippen LogP contribution in [-0.4, -0.2) is 28.7 Å². The van der Waals surface area contributed by atoms with E-state index in [1.807, 2.05) is 0 Å². The molecule has 0 saturated carbocycles. The molecule has 0 aliphatic carbocycles. The van der Waals surface area contributed by atoms with Crippen LogP contribution in [0, 0.1) is 0 Å². The summed E-state index contributed by atoms with van der Waals surface area (Å²) in [5.74, 6) is -0.875. The van der Waals surface area contributed by atoms with Gasteiger partial charge in [0.05, 0.1) is 11.0 Å². The molecule has 0 N–H and O–H groups in total. The van der Waals surface area contributed by atoms with Crippen LogP contribution in [0.25, 0.3) is 11.0 Å². The Morgan fingerprint density at radius 3 is 2.59 bits per heavy atom. The van der Waals surface area contributed by atoms with Crippen LogP contribution in [0.4, 0.5) is 13.2 Å². The van der Waals surface area contributed by atoms with Gasteiger partial charge in [0, 0.05) is 10.0 Å². The number of hydrogen-bond donors (Lipinski definition) is 0. The summed E-state index contributed by atoms with van der Waals surface area (Å²) < 4.78 is 57.6. The van der Waals surface area contributed by atoms with Gasteiger partial charge in [0.1, 0.15) is 26.4 Å². The van der Waals surface area contributed by atoms with Crippen LogP contribution >= 0.6 is 15.9 Å². The molecule has 0 unspecified atom stereocenters. The van der Waals surface area contributed by atoms with Crippen LogP contribution in [0.15, 0.2) is 40.9 Å². The maximum absolute atomic E-state index is 13.3. The largest absolute Gasteiger partial charge is 0.486 e.